The number of hydrogen-bond donors (Lipinski definition) is 0. The van der Waals surface area contributed by atoms with Crippen LogP contribution in [0, 0.1) is 0 Å². The molecule has 0 amide bonds. The van der Waals surface area contributed by atoms with Crippen molar-refractivity contribution in [2.45, 2.75) is 0 Å². The van der Waals surface area contributed by atoms with Gasteiger partial charge in [-0.25, -0.2) is 0 Å². The molecule has 1 radical (unpaired) electrons. The van der Waals surface area contributed by atoms with E-state index >= 15 is 0 Å². The summed E-state index contributed by atoms with van der Waals surface area (Å²) in [5.41, 5.74) is 0. The van der Waals surface area contributed by atoms with Crippen LogP contribution in [0.5, 0.6) is 0 Å². The molecule has 1 nitrogen and oxygen atoms in total. The summed E-state index contributed by atoms with van der Waals surface area (Å²) in [5, 5.41) is 0. The molecule has 0 aliphatic carbocycles. The van der Waals surface area contributed by atoms with Crippen LogP contribution in [0.25, 0.3) is 0 Å². The summed E-state index contributed by atoms with van der Waals surface area (Å²) in [6.45, 7) is 0. The average Bonchev–Trinajstić information content (AvgIpc) is 1.65. The quantitative estimate of drug-likeness (QED) is 0.370. The molecule has 0 rings (SSSR count). The van der Waals surface area contributed by atoms with Crippen molar-refractivity contribution < 1.29 is 4.74 Å². The second kappa shape index (κ2) is 7.24. The zero-order valence-electron chi connectivity index (χ0n) is 4.72. The fourth-order valence-electron chi connectivity index (χ4n) is 0.0833. The fraction of sp³-hybridized carbons (Fsp3) is 0.667. The van der Waals surface area contributed by atoms with Gasteiger partial charge in [0, 0.05) is 29.6 Å². The normalized spacial score (nSPS) is 6.57. The van der Waals surface area contributed by atoms with Gasteiger partial charge in [-0.2, -0.15) is 0 Å². The van der Waals surface area contributed by atoms with Gasteiger partial charge >= 0.3 is 0 Å². The Labute approximate surface area is 75.5 Å². The van der Waals surface area contributed by atoms with Crippen LogP contribution < -0.4 is 0 Å². The average molecular weight is 145 g/mol. The van der Waals surface area contributed by atoms with E-state index < -0.39 is 0 Å². The first-order chi connectivity index (χ1) is 2.81. The van der Waals surface area contributed by atoms with Crippen molar-refractivity contribution in [1.29, 1.82) is 0 Å². The predicted octanol–water partition coefficient (Wildman–Crippen LogP) is 0.900. The van der Waals surface area contributed by atoms with E-state index in [2.05, 4.69) is 17.0 Å². The molecule has 0 aromatic heterocycles. The van der Waals surface area contributed by atoms with Gasteiger partial charge in [0.1, 0.15) is 0 Å². The van der Waals surface area contributed by atoms with Gasteiger partial charge in [0.15, 0.2) is 0 Å². The maximum atomic E-state index is 4.60. The summed E-state index contributed by atoms with van der Waals surface area (Å²) in [5.74, 6) is 0. The monoisotopic (exact) mass is 145 g/mol. The number of hydrogen-bond acceptors (Lipinski definition) is 3. The summed E-state index contributed by atoms with van der Waals surface area (Å²) in [6.07, 6.45) is 1.88. The summed E-state index contributed by atoms with van der Waals surface area (Å²) < 4.78 is 5.19. The van der Waals surface area contributed by atoms with E-state index in [0.29, 0.717) is 4.38 Å². The first kappa shape index (κ1) is 11.1. The molecule has 0 unspecified atom stereocenters. The van der Waals surface area contributed by atoms with Crippen LogP contribution in [-0.4, -0.2) is 47.3 Å². The van der Waals surface area contributed by atoms with Gasteiger partial charge in [-0.15, -0.1) is 0 Å². The predicted molar refractivity (Wildman–Crippen MR) is 38.9 cm³/mol. The van der Waals surface area contributed by atoms with Crippen molar-refractivity contribution >= 4 is 57.9 Å². The Morgan fingerprint density at radius 2 is 2.14 bits per heavy atom. The number of thiocarbonyl (C=S) groups is 1. The second-order valence-electron chi connectivity index (χ2n) is 0.658. The van der Waals surface area contributed by atoms with Crippen molar-refractivity contribution in [1.82, 2.24) is 0 Å². The Kier molecular flexibility index (Phi) is 11.5. The molecule has 0 N–H and O–H groups in total. The molecule has 0 aromatic rings. The van der Waals surface area contributed by atoms with Crippen molar-refractivity contribution in [2.75, 3.05) is 13.4 Å². The minimum atomic E-state index is 0. The first-order valence-corrected chi connectivity index (χ1v) is 3.06. The smallest absolute Gasteiger partial charge is 0.219 e. The molecule has 0 fully saturated rings. The summed E-state index contributed by atoms with van der Waals surface area (Å²) in [4.78, 5) is 0. The molecule has 0 atom stereocenters. The maximum Gasteiger partial charge on any atom is 0.219 e. The zero-order chi connectivity index (χ0) is 4.99. The third kappa shape index (κ3) is 7.24. The van der Waals surface area contributed by atoms with Crippen LogP contribution in [-0.2, 0) is 4.74 Å². The van der Waals surface area contributed by atoms with E-state index in [0.717, 1.165) is 0 Å². The summed E-state index contributed by atoms with van der Waals surface area (Å²) in [7, 11) is 1.57. The Morgan fingerprint density at radius 3 is 2.14 bits per heavy atom. The van der Waals surface area contributed by atoms with Crippen molar-refractivity contribution in [3.63, 3.8) is 0 Å². The van der Waals surface area contributed by atoms with Crippen molar-refractivity contribution in [3.05, 3.63) is 0 Å². The molecular weight excluding hydrogens is 139 g/mol. The van der Waals surface area contributed by atoms with Crippen molar-refractivity contribution in [3.8, 4) is 0 Å². The van der Waals surface area contributed by atoms with Crippen LogP contribution >= 0.6 is 24.0 Å². The largest absolute Gasteiger partial charge is 0.482 e. The minimum absolute atomic E-state index is 0. The van der Waals surface area contributed by atoms with Gasteiger partial charge in [-0.05, 0) is 18.5 Å². The number of rotatable bonds is 0. The molecule has 0 aromatic carbocycles. The Balaban J connectivity index is 0. The molecule has 0 aliphatic heterocycles. The van der Waals surface area contributed by atoms with Gasteiger partial charge in [-0.3, -0.25) is 0 Å². The molecule has 4 heteroatoms. The third-order valence-electron chi connectivity index (χ3n) is 0.333. The van der Waals surface area contributed by atoms with E-state index in [1.54, 1.807) is 7.11 Å². The van der Waals surface area contributed by atoms with Gasteiger partial charge in [0.05, 0.1) is 7.11 Å². The van der Waals surface area contributed by atoms with E-state index in [9.17, 15) is 0 Å². The number of methoxy groups -OCH3 is 1. The van der Waals surface area contributed by atoms with Crippen LogP contribution in [0.2, 0.25) is 0 Å². The minimum Gasteiger partial charge on any atom is -0.482 e. The van der Waals surface area contributed by atoms with E-state index in [1.807, 2.05) is 6.26 Å². The topological polar surface area (TPSA) is 9.23 Å². The zero-order valence-corrected chi connectivity index (χ0v) is 8.36. The molecule has 0 spiro atoms. The molecule has 0 saturated heterocycles. The van der Waals surface area contributed by atoms with Crippen molar-refractivity contribution in [2.24, 2.45) is 0 Å². The Hall–Kier alpha value is 1.24. The number of ether oxygens (including phenoxy) is 1. The summed E-state index contributed by atoms with van der Waals surface area (Å²) in [6, 6.07) is 0. The fourth-order valence-corrected chi connectivity index (χ4v) is 0.250. The number of thioether (sulfide) groups is 1. The molecule has 0 saturated carbocycles. The van der Waals surface area contributed by atoms with Gasteiger partial charge in [0.25, 0.3) is 0 Å². The van der Waals surface area contributed by atoms with E-state index in [-0.39, 0.29) is 29.6 Å². The third-order valence-corrected chi connectivity index (χ3v) is 1.50. The molecule has 7 heavy (non-hydrogen) atoms. The SMILES string of the molecule is COC(=S)SC.[Na]. The Bertz CT molecular complexity index is 50.9. The maximum absolute atomic E-state index is 4.60. The van der Waals surface area contributed by atoms with E-state index in [4.69, 9.17) is 0 Å². The van der Waals surface area contributed by atoms with E-state index in [1.165, 1.54) is 11.8 Å². The second-order valence-corrected chi connectivity index (χ2v) is 2.07. The molecule has 0 aliphatic rings. The van der Waals surface area contributed by atoms with Gasteiger partial charge in [0.2, 0.25) is 4.38 Å². The standard InChI is InChI=1S/C3H6OS2.Na/c1-4-3(5)6-2;/h1-2H3;. The molecule has 37 valence electrons. The molecular formula is C3H6NaOS2. The molecule has 0 bridgehead atoms. The van der Waals surface area contributed by atoms with Crippen LogP contribution in [0.15, 0.2) is 0 Å². The first-order valence-electron chi connectivity index (χ1n) is 1.43. The summed E-state index contributed by atoms with van der Waals surface area (Å²) >= 11 is 6.03. The van der Waals surface area contributed by atoms with Crippen LogP contribution in [0.3, 0.4) is 0 Å². The van der Waals surface area contributed by atoms with Crippen LogP contribution in [0.4, 0.5) is 0 Å². The molecule has 0 heterocycles. The van der Waals surface area contributed by atoms with Gasteiger partial charge in [-0.1, -0.05) is 11.8 Å². The Morgan fingerprint density at radius 1 is 1.71 bits per heavy atom. The van der Waals surface area contributed by atoms with Gasteiger partial charge < -0.3 is 4.74 Å². The van der Waals surface area contributed by atoms with Crippen LogP contribution in [0.1, 0.15) is 0 Å².